The Hall–Kier alpha value is -1.51. The summed E-state index contributed by atoms with van der Waals surface area (Å²) >= 11 is 0. The van der Waals surface area contributed by atoms with Crippen LogP contribution in [0.2, 0.25) is 0 Å². The van der Waals surface area contributed by atoms with Gasteiger partial charge in [0.05, 0.1) is 17.6 Å². The van der Waals surface area contributed by atoms with Crippen molar-refractivity contribution < 1.29 is 4.74 Å². The van der Waals surface area contributed by atoms with E-state index in [2.05, 4.69) is 23.8 Å². The molecule has 0 atom stereocenters. The number of pyridine rings is 1. The van der Waals surface area contributed by atoms with Crippen LogP contribution in [0.5, 0.6) is 5.88 Å². The summed E-state index contributed by atoms with van der Waals surface area (Å²) in [6, 6.07) is 5.84. The van der Waals surface area contributed by atoms with E-state index in [0.29, 0.717) is 11.8 Å². The van der Waals surface area contributed by atoms with Crippen molar-refractivity contribution in [1.82, 2.24) is 9.97 Å². The Morgan fingerprint density at radius 2 is 2.20 bits per heavy atom. The van der Waals surface area contributed by atoms with Gasteiger partial charge in [-0.05, 0) is 24.5 Å². The molecule has 2 rings (SSSR count). The fourth-order valence-corrected chi connectivity index (χ4v) is 1.40. The van der Waals surface area contributed by atoms with E-state index < -0.39 is 0 Å². The summed E-state index contributed by atoms with van der Waals surface area (Å²) in [6.07, 6.45) is 2.95. The molecule has 0 saturated heterocycles. The van der Waals surface area contributed by atoms with Gasteiger partial charge in [0.15, 0.2) is 0 Å². The van der Waals surface area contributed by atoms with Crippen molar-refractivity contribution in [3.63, 3.8) is 0 Å². The molecule has 80 valence electrons. The van der Waals surface area contributed by atoms with Crippen LogP contribution in [0.25, 0.3) is 11.0 Å². The fraction of sp³-hybridized carbons (Fsp3) is 0.417. The average Bonchev–Trinajstić information content (AvgIpc) is 2.64. The number of rotatable bonds is 4. The summed E-state index contributed by atoms with van der Waals surface area (Å²) in [5.74, 6) is 1.38. The van der Waals surface area contributed by atoms with Gasteiger partial charge in [-0.3, -0.25) is 0 Å². The lowest BCUT2D eigenvalue weighted by Crippen LogP contribution is -2.02. The van der Waals surface area contributed by atoms with Gasteiger partial charge in [0.2, 0.25) is 5.88 Å². The minimum Gasteiger partial charge on any atom is -0.478 e. The van der Waals surface area contributed by atoms with E-state index in [-0.39, 0.29) is 0 Å². The van der Waals surface area contributed by atoms with Crippen molar-refractivity contribution in [3.8, 4) is 5.88 Å². The lowest BCUT2D eigenvalue weighted by molar-refractivity contribution is 0.280. The van der Waals surface area contributed by atoms with Gasteiger partial charge in [-0.25, -0.2) is 4.98 Å². The summed E-state index contributed by atoms with van der Waals surface area (Å²) in [7, 11) is 0. The second-order valence-electron chi connectivity index (χ2n) is 4.09. The molecule has 0 aliphatic rings. The topological polar surface area (TPSA) is 37.9 Å². The summed E-state index contributed by atoms with van der Waals surface area (Å²) in [5.41, 5.74) is 2.00. The highest BCUT2D eigenvalue weighted by molar-refractivity contribution is 5.75. The van der Waals surface area contributed by atoms with Crippen LogP contribution in [0.3, 0.4) is 0 Å². The average molecular weight is 204 g/mol. The minimum absolute atomic E-state index is 0.668. The molecule has 3 nitrogen and oxygen atoms in total. The monoisotopic (exact) mass is 204 g/mol. The lowest BCUT2D eigenvalue weighted by Gasteiger charge is -2.06. The van der Waals surface area contributed by atoms with E-state index in [9.17, 15) is 0 Å². The molecular weight excluding hydrogens is 188 g/mol. The van der Waals surface area contributed by atoms with Crippen LogP contribution in [0.1, 0.15) is 20.3 Å². The van der Waals surface area contributed by atoms with Gasteiger partial charge in [0, 0.05) is 12.3 Å². The summed E-state index contributed by atoms with van der Waals surface area (Å²) in [5, 5.41) is 0. The summed E-state index contributed by atoms with van der Waals surface area (Å²) < 4.78 is 5.57. The van der Waals surface area contributed by atoms with Crippen molar-refractivity contribution in [2.24, 2.45) is 5.92 Å². The predicted octanol–water partition coefficient (Wildman–Crippen LogP) is 2.99. The zero-order chi connectivity index (χ0) is 10.7. The molecule has 2 aromatic heterocycles. The third-order valence-electron chi connectivity index (χ3n) is 2.32. The number of hydrogen-bond donors (Lipinski definition) is 1. The highest BCUT2D eigenvalue weighted by Gasteiger charge is 2.00. The van der Waals surface area contributed by atoms with Gasteiger partial charge in [-0.1, -0.05) is 13.8 Å². The number of nitrogens with zero attached hydrogens (tertiary/aromatic N) is 1. The van der Waals surface area contributed by atoms with Gasteiger partial charge in [0.25, 0.3) is 0 Å². The Morgan fingerprint density at radius 1 is 1.33 bits per heavy atom. The molecule has 0 fully saturated rings. The van der Waals surface area contributed by atoms with Crippen LogP contribution in [-0.4, -0.2) is 16.6 Å². The molecule has 0 saturated carbocycles. The first-order chi connectivity index (χ1) is 7.25. The number of fused-ring (bicyclic) bond motifs is 1. The third kappa shape index (κ3) is 2.49. The van der Waals surface area contributed by atoms with E-state index in [0.717, 1.165) is 24.1 Å². The summed E-state index contributed by atoms with van der Waals surface area (Å²) in [6.45, 7) is 5.11. The molecule has 2 aromatic rings. The first-order valence-corrected chi connectivity index (χ1v) is 5.32. The van der Waals surface area contributed by atoms with Gasteiger partial charge < -0.3 is 9.72 Å². The molecular formula is C12H16N2O. The van der Waals surface area contributed by atoms with Crippen molar-refractivity contribution in [2.45, 2.75) is 20.3 Å². The van der Waals surface area contributed by atoms with Crippen LogP contribution in [-0.2, 0) is 0 Å². The zero-order valence-corrected chi connectivity index (χ0v) is 9.16. The van der Waals surface area contributed by atoms with Crippen molar-refractivity contribution in [2.75, 3.05) is 6.61 Å². The van der Waals surface area contributed by atoms with Crippen molar-refractivity contribution >= 4 is 11.0 Å². The van der Waals surface area contributed by atoms with Crippen molar-refractivity contribution in [1.29, 1.82) is 0 Å². The quantitative estimate of drug-likeness (QED) is 0.831. The SMILES string of the molecule is CC(C)CCOc1ccc2[nH]ccc2n1. The number of H-pyrrole nitrogens is 1. The van der Waals surface area contributed by atoms with E-state index >= 15 is 0 Å². The Balaban J connectivity index is 2.02. The first-order valence-electron chi connectivity index (χ1n) is 5.32. The molecule has 0 spiro atoms. The second-order valence-corrected chi connectivity index (χ2v) is 4.09. The van der Waals surface area contributed by atoms with Crippen LogP contribution < -0.4 is 4.74 Å². The molecule has 0 aromatic carbocycles. The van der Waals surface area contributed by atoms with Gasteiger partial charge in [0.1, 0.15) is 0 Å². The molecule has 0 radical (unpaired) electrons. The highest BCUT2D eigenvalue weighted by Crippen LogP contribution is 2.15. The van der Waals surface area contributed by atoms with Gasteiger partial charge in [-0.2, -0.15) is 0 Å². The highest BCUT2D eigenvalue weighted by atomic mass is 16.5. The minimum atomic E-state index is 0.668. The molecule has 3 heteroatoms. The van der Waals surface area contributed by atoms with Crippen LogP contribution in [0.4, 0.5) is 0 Å². The molecule has 0 bridgehead atoms. The lowest BCUT2D eigenvalue weighted by atomic mass is 10.1. The van der Waals surface area contributed by atoms with Gasteiger partial charge >= 0.3 is 0 Å². The van der Waals surface area contributed by atoms with Crippen LogP contribution >= 0.6 is 0 Å². The Morgan fingerprint density at radius 3 is 3.00 bits per heavy atom. The second kappa shape index (κ2) is 4.34. The third-order valence-corrected chi connectivity index (χ3v) is 2.32. The van der Waals surface area contributed by atoms with Gasteiger partial charge in [-0.15, -0.1) is 0 Å². The maximum Gasteiger partial charge on any atom is 0.213 e. The Kier molecular flexibility index (Phi) is 2.90. The van der Waals surface area contributed by atoms with E-state index in [1.54, 1.807) is 0 Å². The normalized spacial score (nSPS) is 11.1. The molecule has 0 amide bonds. The van der Waals surface area contributed by atoms with E-state index in [4.69, 9.17) is 4.74 Å². The fourth-order valence-electron chi connectivity index (χ4n) is 1.40. The molecule has 0 unspecified atom stereocenters. The maximum absolute atomic E-state index is 5.57. The molecule has 1 N–H and O–H groups in total. The Bertz CT molecular complexity index is 434. The number of aromatic nitrogens is 2. The zero-order valence-electron chi connectivity index (χ0n) is 9.16. The van der Waals surface area contributed by atoms with Crippen molar-refractivity contribution in [3.05, 3.63) is 24.4 Å². The number of hydrogen-bond acceptors (Lipinski definition) is 2. The van der Waals surface area contributed by atoms with Crippen LogP contribution in [0.15, 0.2) is 24.4 Å². The summed E-state index contributed by atoms with van der Waals surface area (Å²) in [4.78, 5) is 7.48. The molecule has 0 aliphatic heterocycles. The molecule has 0 aliphatic carbocycles. The standard InChI is InChI=1S/C12H16N2O/c1-9(2)6-8-15-12-4-3-10-11(14-12)5-7-13-10/h3-5,7,9,13H,6,8H2,1-2H3. The van der Waals surface area contributed by atoms with Crippen LogP contribution in [0, 0.1) is 5.92 Å². The first kappa shape index (κ1) is 10.0. The smallest absolute Gasteiger partial charge is 0.213 e. The molecule has 15 heavy (non-hydrogen) atoms. The number of nitrogens with one attached hydrogen (secondary N) is 1. The molecule has 2 heterocycles. The van der Waals surface area contributed by atoms with E-state index in [1.807, 2.05) is 24.4 Å². The number of ether oxygens (including phenoxy) is 1. The largest absolute Gasteiger partial charge is 0.478 e. The predicted molar refractivity (Wildman–Crippen MR) is 61.0 cm³/mol. The Labute approximate surface area is 89.5 Å². The maximum atomic E-state index is 5.57. The van der Waals surface area contributed by atoms with E-state index in [1.165, 1.54) is 0 Å². The number of aromatic amines is 1.